The van der Waals surface area contributed by atoms with Crippen LogP contribution in [0.3, 0.4) is 0 Å². The lowest BCUT2D eigenvalue weighted by Crippen LogP contribution is -2.34. The molecule has 1 amide bonds. The number of rotatable bonds is 5. The van der Waals surface area contributed by atoms with Gasteiger partial charge in [0.05, 0.1) is 11.2 Å². The van der Waals surface area contributed by atoms with Crippen LogP contribution in [0.15, 0.2) is 22.7 Å². The third-order valence-corrected chi connectivity index (χ3v) is 4.45. The van der Waals surface area contributed by atoms with Gasteiger partial charge in [-0.3, -0.25) is 4.79 Å². The van der Waals surface area contributed by atoms with Crippen molar-refractivity contribution in [1.82, 2.24) is 10.1 Å². The molecule has 8 heteroatoms. The zero-order valence-corrected chi connectivity index (χ0v) is 15.7. The molecule has 1 aliphatic rings. The van der Waals surface area contributed by atoms with Crippen LogP contribution in [0.2, 0.25) is 0 Å². The van der Waals surface area contributed by atoms with Gasteiger partial charge in [-0.1, -0.05) is 31.8 Å². The fourth-order valence-electron chi connectivity index (χ4n) is 3.09. The Morgan fingerprint density at radius 3 is 2.69 bits per heavy atom. The summed E-state index contributed by atoms with van der Waals surface area (Å²) in [6.07, 6.45) is 4.06. The average Bonchev–Trinajstić information content (AvgIpc) is 3.18. The van der Waals surface area contributed by atoms with Crippen molar-refractivity contribution in [3.8, 4) is 11.5 Å². The van der Waals surface area contributed by atoms with E-state index in [1.807, 2.05) is 13.8 Å². The Bertz CT molecular complexity index is 772. The quantitative estimate of drug-likeness (QED) is 0.814. The summed E-state index contributed by atoms with van der Waals surface area (Å²) >= 11 is 0. The fourth-order valence-corrected chi connectivity index (χ4v) is 3.09. The summed E-state index contributed by atoms with van der Waals surface area (Å²) in [5.74, 6) is 0.143. The molecule has 1 aromatic heterocycles. The van der Waals surface area contributed by atoms with Crippen molar-refractivity contribution in [3.63, 3.8) is 0 Å². The number of carbonyl (C=O) groups is 1. The highest BCUT2D eigenvalue weighted by Crippen LogP contribution is 2.35. The van der Waals surface area contributed by atoms with Crippen molar-refractivity contribution >= 4 is 24.0 Å². The van der Waals surface area contributed by atoms with Crippen LogP contribution in [0.25, 0.3) is 11.5 Å². The molecule has 26 heavy (non-hydrogen) atoms. The zero-order chi connectivity index (χ0) is 18.0. The molecule has 1 aliphatic carbocycles. The summed E-state index contributed by atoms with van der Waals surface area (Å²) in [6, 6.07) is 4.42. The minimum Gasteiger partial charge on any atom is -0.334 e. The van der Waals surface area contributed by atoms with Crippen molar-refractivity contribution < 1.29 is 13.7 Å². The number of carbonyl (C=O) groups excluding carboxylic acids is 1. The number of nitrogens with one attached hydrogen (secondary N) is 1. The highest BCUT2D eigenvalue weighted by Gasteiger charge is 2.36. The standard InChI is InChI=1S/C18H23FN4O2.ClH/c1-11(2)9-15(24)21-14-6-5-12(10-13(14)19)16-22-17(23-25-16)18(20)7-3-4-8-18;/h5-6,10-11H,3-4,7-9,20H2,1-2H3,(H,21,24);1H. The normalized spacial score (nSPS) is 15.7. The SMILES string of the molecule is CC(C)CC(=O)Nc1ccc(-c2nc(C3(N)CCCC3)no2)cc1F.Cl. The van der Waals surface area contributed by atoms with E-state index in [1.54, 1.807) is 6.07 Å². The van der Waals surface area contributed by atoms with Crippen molar-refractivity contribution in [2.75, 3.05) is 5.32 Å². The van der Waals surface area contributed by atoms with E-state index in [0.29, 0.717) is 17.8 Å². The predicted octanol–water partition coefficient (Wildman–Crippen LogP) is 4.01. The number of benzene rings is 1. The van der Waals surface area contributed by atoms with E-state index >= 15 is 0 Å². The lowest BCUT2D eigenvalue weighted by Gasteiger charge is -2.17. The molecule has 1 saturated carbocycles. The number of amides is 1. The molecule has 0 saturated heterocycles. The maximum atomic E-state index is 14.3. The Labute approximate surface area is 158 Å². The van der Waals surface area contributed by atoms with Crippen LogP contribution < -0.4 is 11.1 Å². The number of nitrogens with two attached hydrogens (primary N) is 1. The van der Waals surface area contributed by atoms with Crippen LogP contribution in [0, 0.1) is 11.7 Å². The Morgan fingerprint density at radius 2 is 2.08 bits per heavy atom. The van der Waals surface area contributed by atoms with E-state index in [-0.39, 0.29) is 35.8 Å². The maximum absolute atomic E-state index is 14.3. The van der Waals surface area contributed by atoms with Gasteiger partial charge in [-0.2, -0.15) is 4.98 Å². The molecule has 0 aliphatic heterocycles. The average molecular weight is 383 g/mol. The third-order valence-electron chi connectivity index (χ3n) is 4.45. The molecule has 3 rings (SSSR count). The molecule has 142 valence electrons. The highest BCUT2D eigenvalue weighted by atomic mass is 35.5. The lowest BCUT2D eigenvalue weighted by atomic mass is 9.99. The van der Waals surface area contributed by atoms with Crippen molar-refractivity contribution in [2.45, 2.75) is 51.5 Å². The van der Waals surface area contributed by atoms with Gasteiger partial charge >= 0.3 is 0 Å². The number of hydrogen-bond donors (Lipinski definition) is 2. The van der Waals surface area contributed by atoms with Gasteiger partial charge in [-0.15, -0.1) is 12.4 Å². The summed E-state index contributed by atoms with van der Waals surface area (Å²) in [5, 5.41) is 6.55. The monoisotopic (exact) mass is 382 g/mol. The van der Waals surface area contributed by atoms with Gasteiger partial charge in [0.25, 0.3) is 5.89 Å². The van der Waals surface area contributed by atoms with Crippen LogP contribution >= 0.6 is 12.4 Å². The van der Waals surface area contributed by atoms with Gasteiger partial charge in [0, 0.05) is 12.0 Å². The Balaban J connectivity index is 0.00000243. The summed E-state index contributed by atoms with van der Waals surface area (Å²) in [7, 11) is 0. The molecule has 0 atom stereocenters. The van der Waals surface area contributed by atoms with E-state index in [4.69, 9.17) is 10.3 Å². The van der Waals surface area contributed by atoms with Gasteiger partial charge in [0.15, 0.2) is 5.82 Å². The topological polar surface area (TPSA) is 94.0 Å². The van der Waals surface area contributed by atoms with Crippen LogP contribution in [0.4, 0.5) is 10.1 Å². The molecule has 0 unspecified atom stereocenters. The van der Waals surface area contributed by atoms with Gasteiger partial charge in [-0.25, -0.2) is 4.39 Å². The van der Waals surface area contributed by atoms with E-state index in [0.717, 1.165) is 25.7 Å². The minimum atomic E-state index is -0.551. The molecule has 6 nitrogen and oxygen atoms in total. The van der Waals surface area contributed by atoms with Crippen LogP contribution in [0.1, 0.15) is 51.8 Å². The highest BCUT2D eigenvalue weighted by molar-refractivity contribution is 5.91. The summed E-state index contributed by atoms with van der Waals surface area (Å²) in [4.78, 5) is 16.1. The zero-order valence-electron chi connectivity index (χ0n) is 14.9. The van der Waals surface area contributed by atoms with Crippen molar-refractivity contribution in [1.29, 1.82) is 0 Å². The molecule has 0 bridgehead atoms. The predicted molar refractivity (Wildman–Crippen MR) is 99.4 cm³/mol. The maximum Gasteiger partial charge on any atom is 0.258 e. The molecule has 1 fully saturated rings. The number of aromatic nitrogens is 2. The summed E-state index contributed by atoms with van der Waals surface area (Å²) in [6.45, 7) is 3.86. The van der Waals surface area contributed by atoms with E-state index in [2.05, 4.69) is 15.5 Å². The Morgan fingerprint density at radius 1 is 1.38 bits per heavy atom. The molecule has 1 aromatic carbocycles. The van der Waals surface area contributed by atoms with Crippen LogP contribution in [-0.2, 0) is 10.3 Å². The first kappa shape index (κ1) is 20.3. The van der Waals surface area contributed by atoms with Crippen LogP contribution in [-0.4, -0.2) is 16.0 Å². The van der Waals surface area contributed by atoms with Crippen molar-refractivity contribution in [3.05, 3.63) is 29.8 Å². The second-order valence-corrected chi connectivity index (χ2v) is 7.13. The van der Waals surface area contributed by atoms with Gasteiger partial charge < -0.3 is 15.6 Å². The second kappa shape index (κ2) is 8.14. The Hall–Kier alpha value is -1.99. The van der Waals surface area contributed by atoms with Gasteiger partial charge in [0.1, 0.15) is 5.82 Å². The minimum absolute atomic E-state index is 0. The molecular formula is C18H24ClFN4O2. The summed E-state index contributed by atoms with van der Waals surface area (Å²) in [5.41, 5.74) is 6.36. The molecule has 0 radical (unpaired) electrons. The smallest absolute Gasteiger partial charge is 0.258 e. The first-order valence-electron chi connectivity index (χ1n) is 8.60. The van der Waals surface area contributed by atoms with Gasteiger partial charge in [-0.05, 0) is 37.0 Å². The molecule has 3 N–H and O–H groups in total. The lowest BCUT2D eigenvalue weighted by molar-refractivity contribution is -0.116. The summed E-state index contributed by atoms with van der Waals surface area (Å²) < 4.78 is 19.5. The number of anilines is 1. The van der Waals surface area contributed by atoms with Gasteiger partial charge in [0.2, 0.25) is 5.91 Å². The number of nitrogens with zero attached hydrogens (tertiary/aromatic N) is 2. The van der Waals surface area contributed by atoms with Crippen molar-refractivity contribution in [2.24, 2.45) is 11.7 Å². The molecular weight excluding hydrogens is 359 g/mol. The van der Waals surface area contributed by atoms with E-state index < -0.39 is 11.4 Å². The second-order valence-electron chi connectivity index (χ2n) is 7.13. The van der Waals surface area contributed by atoms with Crippen LogP contribution in [0.5, 0.6) is 0 Å². The largest absolute Gasteiger partial charge is 0.334 e. The first-order chi connectivity index (χ1) is 11.9. The molecule has 2 aromatic rings. The molecule has 1 heterocycles. The fraction of sp³-hybridized carbons (Fsp3) is 0.500. The Kier molecular flexibility index (Phi) is 6.36. The first-order valence-corrected chi connectivity index (χ1v) is 8.60. The number of hydrogen-bond acceptors (Lipinski definition) is 5. The van der Waals surface area contributed by atoms with E-state index in [1.165, 1.54) is 12.1 Å². The third kappa shape index (κ3) is 4.40. The van der Waals surface area contributed by atoms with E-state index in [9.17, 15) is 9.18 Å². The molecule has 0 spiro atoms. The number of halogens is 2.